The van der Waals surface area contributed by atoms with Crippen molar-refractivity contribution in [1.29, 1.82) is 0 Å². The fraction of sp³-hybridized carbons (Fsp3) is 0.389. The number of halogens is 4. The Balaban J connectivity index is 1.72. The molecule has 10 heteroatoms. The number of hydrogen-bond acceptors (Lipinski definition) is 3. The standard InChI is InChI=1S/C18H18ClF3N4O2/c19-12-4-1-5-13(10-12)26-16(18(20,21)22)14(11-24-26)17(28)23-7-3-9-25-8-2-6-15(25)27/h1,4-5,10-11H,2-3,6-9H2,(H,23,28). The van der Waals surface area contributed by atoms with E-state index in [1.165, 1.54) is 24.3 Å². The predicted octanol–water partition coefficient (Wildman–Crippen LogP) is 3.29. The van der Waals surface area contributed by atoms with Gasteiger partial charge in [-0.3, -0.25) is 9.59 Å². The van der Waals surface area contributed by atoms with Gasteiger partial charge in [-0.2, -0.15) is 18.3 Å². The van der Waals surface area contributed by atoms with Crippen LogP contribution in [-0.4, -0.2) is 46.1 Å². The monoisotopic (exact) mass is 414 g/mol. The quantitative estimate of drug-likeness (QED) is 0.738. The van der Waals surface area contributed by atoms with Crippen LogP contribution in [0.1, 0.15) is 35.3 Å². The minimum absolute atomic E-state index is 0.0634. The number of carbonyl (C=O) groups is 2. The van der Waals surface area contributed by atoms with Gasteiger partial charge in [0.15, 0.2) is 5.69 Å². The fourth-order valence-electron chi connectivity index (χ4n) is 3.10. The van der Waals surface area contributed by atoms with Crippen LogP contribution in [0.4, 0.5) is 13.2 Å². The summed E-state index contributed by atoms with van der Waals surface area (Å²) in [5.41, 5.74) is -1.63. The molecule has 6 nitrogen and oxygen atoms in total. The highest BCUT2D eigenvalue weighted by atomic mass is 35.5. The molecule has 0 spiro atoms. The van der Waals surface area contributed by atoms with Gasteiger partial charge in [0, 0.05) is 31.1 Å². The van der Waals surface area contributed by atoms with E-state index in [1.807, 2.05) is 0 Å². The Morgan fingerprint density at radius 2 is 2.11 bits per heavy atom. The molecule has 1 aromatic heterocycles. The number of carbonyl (C=O) groups excluding carboxylic acids is 2. The second-order valence-corrected chi connectivity index (χ2v) is 6.83. The lowest BCUT2D eigenvalue weighted by Gasteiger charge is -2.15. The first-order valence-corrected chi connectivity index (χ1v) is 9.12. The molecule has 1 aliphatic heterocycles. The minimum Gasteiger partial charge on any atom is -0.352 e. The van der Waals surface area contributed by atoms with Gasteiger partial charge < -0.3 is 10.2 Å². The van der Waals surface area contributed by atoms with E-state index in [-0.39, 0.29) is 23.2 Å². The largest absolute Gasteiger partial charge is 0.434 e. The van der Waals surface area contributed by atoms with Crippen LogP contribution in [0.15, 0.2) is 30.5 Å². The van der Waals surface area contributed by atoms with E-state index in [0.29, 0.717) is 30.6 Å². The summed E-state index contributed by atoms with van der Waals surface area (Å²) >= 11 is 5.85. The summed E-state index contributed by atoms with van der Waals surface area (Å²) in [7, 11) is 0. The second-order valence-electron chi connectivity index (χ2n) is 6.39. The minimum atomic E-state index is -4.78. The zero-order valence-electron chi connectivity index (χ0n) is 14.8. The maximum absolute atomic E-state index is 13.6. The molecule has 150 valence electrons. The average Bonchev–Trinajstić information content (AvgIpc) is 3.25. The zero-order chi connectivity index (χ0) is 20.3. The summed E-state index contributed by atoms with van der Waals surface area (Å²) in [6.07, 6.45) is -2.11. The van der Waals surface area contributed by atoms with Gasteiger partial charge in [0.2, 0.25) is 5.91 Å². The summed E-state index contributed by atoms with van der Waals surface area (Å²) in [4.78, 5) is 25.5. The van der Waals surface area contributed by atoms with Gasteiger partial charge in [0.1, 0.15) is 0 Å². The Labute approximate surface area is 164 Å². The molecule has 2 heterocycles. The summed E-state index contributed by atoms with van der Waals surface area (Å²) in [6.45, 7) is 1.30. The van der Waals surface area contributed by atoms with Crippen molar-refractivity contribution in [3.63, 3.8) is 0 Å². The molecule has 0 radical (unpaired) electrons. The topological polar surface area (TPSA) is 67.2 Å². The van der Waals surface area contributed by atoms with E-state index in [0.717, 1.165) is 12.6 Å². The molecule has 28 heavy (non-hydrogen) atoms. The van der Waals surface area contributed by atoms with Gasteiger partial charge in [-0.25, -0.2) is 4.68 Å². The molecule has 2 aromatic rings. The number of hydrogen-bond donors (Lipinski definition) is 1. The van der Waals surface area contributed by atoms with Gasteiger partial charge >= 0.3 is 6.18 Å². The Kier molecular flexibility index (Phi) is 5.93. The molecule has 0 atom stereocenters. The highest BCUT2D eigenvalue weighted by molar-refractivity contribution is 6.30. The zero-order valence-corrected chi connectivity index (χ0v) is 15.6. The van der Waals surface area contributed by atoms with Crippen LogP contribution >= 0.6 is 11.6 Å². The van der Waals surface area contributed by atoms with E-state index < -0.39 is 23.3 Å². The number of benzene rings is 1. The third-order valence-corrected chi connectivity index (χ3v) is 4.63. The molecule has 1 aliphatic rings. The smallest absolute Gasteiger partial charge is 0.352 e. The lowest BCUT2D eigenvalue weighted by molar-refractivity contribution is -0.143. The third kappa shape index (κ3) is 4.46. The molecule has 2 amide bonds. The molecule has 1 N–H and O–H groups in total. The van der Waals surface area contributed by atoms with Crippen LogP contribution in [0, 0.1) is 0 Å². The van der Waals surface area contributed by atoms with Crippen molar-refractivity contribution >= 4 is 23.4 Å². The first kappa shape index (κ1) is 20.2. The van der Waals surface area contributed by atoms with Gasteiger partial charge in [0.25, 0.3) is 5.91 Å². The van der Waals surface area contributed by atoms with Gasteiger partial charge in [0.05, 0.1) is 17.4 Å². The van der Waals surface area contributed by atoms with Crippen molar-refractivity contribution in [2.45, 2.75) is 25.4 Å². The number of amides is 2. The number of likely N-dealkylation sites (tertiary alicyclic amines) is 1. The Morgan fingerprint density at radius 3 is 2.75 bits per heavy atom. The summed E-state index contributed by atoms with van der Waals surface area (Å²) < 4.78 is 41.5. The third-order valence-electron chi connectivity index (χ3n) is 4.40. The summed E-state index contributed by atoms with van der Waals surface area (Å²) in [6, 6.07) is 5.78. The van der Waals surface area contributed by atoms with E-state index in [2.05, 4.69) is 10.4 Å². The van der Waals surface area contributed by atoms with E-state index >= 15 is 0 Å². The highest BCUT2D eigenvalue weighted by Gasteiger charge is 2.40. The van der Waals surface area contributed by atoms with E-state index in [1.54, 1.807) is 4.90 Å². The van der Waals surface area contributed by atoms with Crippen LogP contribution in [-0.2, 0) is 11.0 Å². The molecule has 0 saturated carbocycles. The van der Waals surface area contributed by atoms with Gasteiger partial charge in [-0.1, -0.05) is 17.7 Å². The predicted molar refractivity (Wildman–Crippen MR) is 96.3 cm³/mol. The van der Waals surface area contributed by atoms with Crippen LogP contribution in [0.2, 0.25) is 5.02 Å². The molecule has 3 rings (SSSR count). The lowest BCUT2D eigenvalue weighted by Crippen LogP contribution is -2.31. The number of nitrogens with one attached hydrogen (secondary N) is 1. The molecular weight excluding hydrogens is 397 g/mol. The molecular formula is C18H18ClF3N4O2. The first-order valence-electron chi connectivity index (χ1n) is 8.74. The molecule has 0 unspecified atom stereocenters. The Morgan fingerprint density at radius 1 is 1.32 bits per heavy atom. The van der Waals surface area contributed by atoms with Crippen LogP contribution in [0.5, 0.6) is 0 Å². The fourth-order valence-corrected chi connectivity index (χ4v) is 3.28. The molecule has 0 aliphatic carbocycles. The summed E-state index contributed by atoms with van der Waals surface area (Å²) in [5.74, 6) is -0.804. The van der Waals surface area contributed by atoms with Crippen molar-refractivity contribution in [2.75, 3.05) is 19.6 Å². The molecule has 1 aromatic carbocycles. The normalized spacial score (nSPS) is 14.6. The van der Waals surface area contributed by atoms with Crippen molar-refractivity contribution < 1.29 is 22.8 Å². The maximum atomic E-state index is 13.6. The number of rotatable bonds is 6. The SMILES string of the molecule is O=C(NCCCN1CCCC1=O)c1cnn(-c2cccc(Cl)c2)c1C(F)(F)F. The van der Waals surface area contributed by atoms with Crippen LogP contribution < -0.4 is 5.32 Å². The number of aromatic nitrogens is 2. The maximum Gasteiger partial charge on any atom is 0.434 e. The lowest BCUT2D eigenvalue weighted by atomic mass is 10.2. The Hall–Kier alpha value is -2.55. The van der Waals surface area contributed by atoms with Crippen molar-refractivity contribution in [2.24, 2.45) is 0 Å². The van der Waals surface area contributed by atoms with Gasteiger partial charge in [-0.15, -0.1) is 0 Å². The number of nitrogens with zero attached hydrogens (tertiary/aromatic N) is 3. The highest BCUT2D eigenvalue weighted by Crippen LogP contribution is 2.34. The van der Waals surface area contributed by atoms with Crippen molar-refractivity contribution in [3.8, 4) is 5.69 Å². The average molecular weight is 415 g/mol. The first-order chi connectivity index (χ1) is 13.3. The molecule has 1 fully saturated rings. The van der Waals surface area contributed by atoms with Crippen molar-refractivity contribution in [3.05, 3.63) is 46.7 Å². The van der Waals surface area contributed by atoms with E-state index in [9.17, 15) is 22.8 Å². The van der Waals surface area contributed by atoms with Crippen LogP contribution in [0.3, 0.4) is 0 Å². The number of alkyl halides is 3. The molecule has 0 bridgehead atoms. The van der Waals surface area contributed by atoms with Crippen LogP contribution in [0.25, 0.3) is 5.69 Å². The van der Waals surface area contributed by atoms with E-state index in [4.69, 9.17) is 11.6 Å². The van der Waals surface area contributed by atoms with Crippen molar-refractivity contribution in [1.82, 2.24) is 20.0 Å². The second kappa shape index (κ2) is 8.22. The summed E-state index contributed by atoms with van der Waals surface area (Å²) in [5, 5.41) is 6.46. The van der Waals surface area contributed by atoms with Gasteiger partial charge in [-0.05, 0) is 31.0 Å². The Bertz CT molecular complexity index is 882. The molecule has 1 saturated heterocycles.